The zero-order chi connectivity index (χ0) is 19.5. The van der Waals surface area contributed by atoms with Crippen molar-refractivity contribution in [1.82, 2.24) is 10.2 Å². The lowest BCUT2D eigenvalue weighted by molar-refractivity contribution is -0.146. The number of carbonyl (C=O) groups is 2. The summed E-state index contributed by atoms with van der Waals surface area (Å²) in [5, 5.41) is 3.07. The number of hydrogen-bond acceptors (Lipinski definition) is 5. The molecule has 1 unspecified atom stereocenters. The first-order valence-electron chi connectivity index (χ1n) is 10.3. The SMILES string of the molecule is NC1CCC(CNC(=O)[C@@H]2CCCN2C(=O)C2COc3ccccc3O2)CC1. The highest BCUT2D eigenvalue weighted by Crippen LogP contribution is 2.32. The molecule has 0 bridgehead atoms. The number of benzene rings is 1. The van der Waals surface area contributed by atoms with E-state index in [1.54, 1.807) is 11.0 Å². The molecular weight excluding hydrogens is 358 g/mol. The molecule has 152 valence electrons. The van der Waals surface area contributed by atoms with Gasteiger partial charge in [-0.25, -0.2) is 0 Å². The Labute approximate surface area is 165 Å². The van der Waals surface area contributed by atoms with Crippen LogP contribution < -0.4 is 20.5 Å². The summed E-state index contributed by atoms with van der Waals surface area (Å²) < 4.78 is 11.5. The maximum Gasteiger partial charge on any atom is 0.267 e. The van der Waals surface area contributed by atoms with Crippen molar-refractivity contribution in [2.24, 2.45) is 11.7 Å². The van der Waals surface area contributed by atoms with Gasteiger partial charge in [0.15, 0.2) is 11.5 Å². The lowest BCUT2D eigenvalue weighted by Crippen LogP contribution is -2.52. The number of nitrogens with two attached hydrogens (primary N) is 1. The van der Waals surface area contributed by atoms with E-state index < -0.39 is 12.1 Å². The summed E-state index contributed by atoms with van der Waals surface area (Å²) in [6.07, 6.45) is 4.97. The third kappa shape index (κ3) is 4.09. The minimum Gasteiger partial charge on any atom is -0.485 e. The Hall–Kier alpha value is -2.28. The van der Waals surface area contributed by atoms with Crippen LogP contribution in [0.2, 0.25) is 0 Å². The summed E-state index contributed by atoms with van der Waals surface area (Å²) in [7, 11) is 0. The Bertz CT molecular complexity index is 717. The Balaban J connectivity index is 1.33. The van der Waals surface area contributed by atoms with Crippen LogP contribution in [0.25, 0.3) is 0 Å². The van der Waals surface area contributed by atoms with Crippen molar-refractivity contribution in [2.45, 2.75) is 56.7 Å². The van der Waals surface area contributed by atoms with Gasteiger partial charge in [0, 0.05) is 19.1 Å². The van der Waals surface area contributed by atoms with Crippen molar-refractivity contribution in [1.29, 1.82) is 0 Å². The lowest BCUT2D eigenvalue weighted by atomic mass is 9.86. The molecule has 0 radical (unpaired) electrons. The molecule has 0 spiro atoms. The number of ether oxygens (including phenoxy) is 2. The molecule has 2 fully saturated rings. The smallest absolute Gasteiger partial charge is 0.267 e. The van der Waals surface area contributed by atoms with E-state index in [4.69, 9.17) is 15.2 Å². The zero-order valence-corrected chi connectivity index (χ0v) is 16.1. The summed E-state index contributed by atoms with van der Waals surface area (Å²) in [4.78, 5) is 27.4. The van der Waals surface area contributed by atoms with Gasteiger partial charge in [-0.05, 0) is 56.6 Å². The van der Waals surface area contributed by atoms with Crippen LogP contribution in [0.1, 0.15) is 38.5 Å². The fourth-order valence-corrected chi connectivity index (χ4v) is 4.38. The van der Waals surface area contributed by atoms with Gasteiger partial charge in [0.05, 0.1) is 0 Å². The molecule has 2 atom stereocenters. The van der Waals surface area contributed by atoms with Gasteiger partial charge in [0.1, 0.15) is 12.6 Å². The fourth-order valence-electron chi connectivity index (χ4n) is 4.38. The van der Waals surface area contributed by atoms with Crippen LogP contribution in [-0.4, -0.2) is 54.6 Å². The summed E-state index contributed by atoms with van der Waals surface area (Å²) in [5.41, 5.74) is 5.95. The molecule has 7 nitrogen and oxygen atoms in total. The molecule has 2 heterocycles. The zero-order valence-electron chi connectivity index (χ0n) is 16.1. The van der Waals surface area contributed by atoms with Gasteiger partial charge in [-0.1, -0.05) is 12.1 Å². The van der Waals surface area contributed by atoms with E-state index in [1.165, 1.54) is 0 Å². The molecule has 3 aliphatic rings. The minimum absolute atomic E-state index is 0.0575. The van der Waals surface area contributed by atoms with Crippen LogP contribution in [0.3, 0.4) is 0 Å². The third-order valence-corrected chi connectivity index (χ3v) is 6.08. The normalized spacial score (nSPS) is 29.4. The van der Waals surface area contributed by atoms with Gasteiger partial charge in [-0.15, -0.1) is 0 Å². The number of hydrogen-bond donors (Lipinski definition) is 2. The average molecular weight is 387 g/mol. The molecule has 2 amide bonds. The van der Waals surface area contributed by atoms with E-state index in [0.29, 0.717) is 43.0 Å². The molecule has 1 aromatic rings. The lowest BCUT2D eigenvalue weighted by Gasteiger charge is -2.31. The van der Waals surface area contributed by atoms with Crippen molar-refractivity contribution >= 4 is 11.8 Å². The Morgan fingerprint density at radius 1 is 1.11 bits per heavy atom. The quantitative estimate of drug-likeness (QED) is 0.816. The summed E-state index contributed by atoms with van der Waals surface area (Å²) in [5.74, 6) is 1.48. The number of carbonyl (C=O) groups excluding carboxylic acids is 2. The van der Waals surface area contributed by atoms with Gasteiger partial charge >= 0.3 is 0 Å². The highest BCUT2D eigenvalue weighted by Gasteiger charge is 2.39. The third-order valence-electron chi connectivity index (χ3n) is 6.08. The molecule has 7 heteroatoms. The second kappa shape index (κ2) is 8.39. The van der Waals surface area contributed by atoms with Crippen LogP contribution in [0.5, 0.6) is 11.5 Å². The van der Waals surface area contributed by atoms with Crippen LogP contribution >= 0.6 is 0 Å². The van der Waals surface area contributed by atoms with Crippen molar-refractivity contribution in [3.63, 3.8) is 0 Å². The van der Waals surface area contributed by atoms with Crippen LogP contribution in [-0.2, 0) is 9.59 Å². The second-order valence-corrected chi connectivity index (χ2v) is 8.08. The number of rotatable bonds is 4. The number of fused-ring (bicyclic) bond motifs is 1. The van der Waals surface area contributed by atoms with E-state index in [2.05, 4.69) is 5.32 Å². The van der Waals surface area contributed by atoms with E-state index in [1.807, 2.05) is 18.2 Å². The first kappa shape index (κ1) is 19.1. The average Bonchev–Trinajstić information content (AvgIpc) is 3.22. The van der Waals surface area contributed by atoms with E-state index in [0.717, 1.165) is 32.1 Å². The van der Waals surface area contributed by atoms with Gasteiger partial charge in [0.25, 0.3) is 5.91 Å². The topological polar surface area (TPSA) is 93.9 Å². The fraction of sp³-hybridized carbons (Fsp3) is 0.619. The first-order chi connectivity index (χ1) is 13.6. The van der Waals surface area contributed by atoms with E-state index in [9.17, 15) is 9.59 Å². The van der Waals surface area contributed by atoms with Gasteiger partial charge in [0.2, 0.25) is 12.0 Å². The van der Waals surface area contributed by atoms with Gasteiger partial charge < -0.3 is 25.4 Å². The second-order valence-electron chi connectivity index (χ2n) is 8.08. The van der Waals surface area contributed by atoms with Gasteiger partial charge in [-0.2, -0.15) is 0 Å². The minimum atomic E-state index is -0.705. The predicted molar refractivity (Wildman–Crippen MR) is 104 cm³/mol. The number of amides is 2. The maximum atomic E-state index is 13.0. The van der Waals surface area contributed by atoms with Gasteiger partial charge in [-0.3, -0.25) is 9.59 Å². The van der Waals surface area contributed by atoms with E-state index in [-0.39, 0.29) is 18.4 Å². The van der Waals surface area contributed by atoms with Crippen molar-refractivity contribution < 1.29 is 19.1 Å². The molecule has 28 heavy (non-hydrogen) atoms. The predicted octanol–water partition coefficient (Wildman–Crippen LogP) is 1.45. The highest BCUT2D eigenvalue weighted by atomic mass is 16.6. The molecule has 1 saturated carbocycles. The Morgan fingerprint density at radius 2 is 1.86 bits per heavy atom. The van der Waals surface area contributed by atoms with Crippen molar-refractivity contribution in [3.8, 4) is 11.5 Å². The highest BCUT2D eigenvalue weighted by molar-refractivity contribution is 5.90. The molecular formula is C21H29N3O4. The number of nitrogens with zero attached hydrogens (tertiary/aromatic N) is 1. The molecule has 1 aliphatic carbocycles. The number of nitrogens with one attached hydrogen (secondary N) is 1. The van der Waals surface area contributed by atoms with Crippen LogP contribution in [0.4, 0.5) is 0 Å². The first-order valence-corrected chi connectivity index (χ1v) is 10.3. The molecule has 0 aromatic heterocycles. The molecule has 1 saturated heterocycles. The molecule has 3 N–H and O–H groups in total. The number of para-hydroxylation sites is 2. The largest absolute Gasteiger partial charge is 0.485 e. The molecule has 2 aliphatic heterocycles. The standard InChI is InChI=1S/C21H29N3O4/c22-15-9-7-14(8-10-15)12-23-20(25)16-4-3-11-24(16)21(26)19-13-27-17-5-1-2-6-18(17)28-19/h1-2,5-6,14-16,19H,3-4,7-13,22H2,(H,23,25)/t14?,15?,16-,19?/m0/s1. The Kier molecular flexibility index (Phi) is 5.71. The maximum absolute atomic E-state index is 13.0. The molecule has 4 rings (SSSR count). The van der Waals surface area contributed by atoms with Crippen LogP contribution in [0.15, 0.2) is 24.3 Å². The van der Waals surface area contributed by atoms with Crippen LogP contribution in [0, 0.1) is 5.92 Å². The summed E-state index contributed by atoms with van der Waals surface area (Å²) in [6.45, 7) is 1.42. The van der Waals surface area contributed by atoms with E-state index >= 15 is 0 Å². The Morgan fingerprint density at radius 3 is 2.64 bits per heavy atom. The summed E-state index contributed by atoms with van der Waals surface area (Å²) in [6, 6.07) is 7.21. The summed E-state index contributed by atoms with van der Waals surface area (Å²) >= 11 is 0. The molecule has 1 aromatic carbocycles. The van der Waals surface area contributed by atoms with Crippen molar-refractivity contribution in [2.75, 3.05) is 19.7 Å². The monoisotopic (exact) mass is 387 g/mol. The van der Waals surface area contributed by atoms with Crippen molar-refractivity contribution in [3.05, 3.63) is 24.3 Å². The number of likely N-dealkylation sites (tertiary alicyclic amines) is 1.